The fraction of sp³-hybridized carbons (Fsp3) is 0.381. The Morgan fingerprint density at radius 1 is 1.16 bits per heavy atom. The van der Waals surface area contributed by atoms with E-state index < -0.39 is 6.10 Å². The second kappa shape index (κ2) is 9.11. The van der Waals surface area contributed by atoms with Crippen LogP contribution in [0.4, 0.5) is 5.69 Å². The zero-order chi connectivity index (χ0) is 18.2. The first-order chi connectivity index (χ1) is 12.0. The molecule has 0 radical (unpaired) electrons. The standard InChI is InChI=1S/C21H28N2O2/c1-5-19(25-20-15-16(2)11-12-17(20)3)21(24)22-13-14-23(4)18-9-7-6-8-10-18/h6-12,15,19H,5,13-14H2,1-4H3,(H,22,24). The normalized spacial score (nSPS) is 11.7. The fourth-order valence-electron chi connectivity index (χ4n) is 2.58. The third-order valence-corrected chi connectivity index (χ3v) is 4.22. The van der Waals surface area contributed by atoms with Crippen LogP contribution >= 0.6 is 0 Å². The molecular formula is C21H28N2O2. The Hall–Kier alpha value is -2.49. The number of hydrogen-bond donors (Lipinski definition) is 1. The SMILES string of the molecule is CCC(Oc1cc(C)ccc1C)C(=O)NCCN(C)c1ccccc1. The first-order valence-electron chi connectivity index (χ1n) is 8.79. The highest BCUT2D eigenvalue weighted by molar-refractivity contribution is 5.81. The summed E-state index contributed by atoms with van der Waals surface area (Å²) in [6.07, 6.45) is 0.163. The van der Waals surface area contributed by atoms with E-state index in [1.54, 1.807) is 0 Å². The Kier molecular flexibility index (Phi) is 6.87. The monoisotopic (exact) mass is 340 g/mol. The van der Waals surface area contributed by atoms with Gasteiger partial charge in [-0.25, -0.2) is 0 Å². The molecule has 1 amide bonds. The van der Waals surface area contributed by atoms with E-state index in [0.29, 0.717) is 13.0 Å². The molecule has 1 unspecified atom stereocenters. The molecule has 0 aromatic heterocycles. The van der Waals surface area contributed by atoms with Crippen LogP contribution in [0.1, 0.15) is 24.5 Å². The van der Waals surface area contributed by atoms with E-state index in [1.165, 1.54) is 0 Å². The Bertz CT molecular complexity index is 686. The van der Waals surface area contributed by atoms with Gasteiger partial charge in [0.25, 0.3) is 5.91 Å². The number of rotatable bonds is 8. The molecule has 1 atom stereocenters. The molecule has 2 aromatic carbocycles. The number of aryl methyl sites for hydroxylation is 2. The number of nitrogens with one attached hydrogen (secondary N) is 1. The molecule has 0 aliphatic heterocycles. The first kappa shape index (κ1) is 18.8. The van der Waals surface area contributed by atoms with Crippen molar-refractivity contribution < 1.29 is 9.53 Å². The van der Waals surface area contributed by atoms with Gasteiger partial charge >= 0.3 is 0 Å². The molecule has 2 rings (SSSR count). The lowest BCUT2D eigenvalue weighted by Gasteiger charge is -2.22. The Balaban J connectivity index is 1.86. The number of para-hydroxylation sites is 1. The summed E-state index contributed by atoms with van der Waals surface area (Å²) in [6, 6.07) is 16.2. The molecule has 0 aliphatic carbocycles. The quantitative estimate of drug-likeness (QED) is 0.796. The number of nitrogens with zero attached hydrogens (tertiary/aromatic N) is 1. The van der Waals surface area contributed by atoms with Gasteiger partial charge in [0.15, 0.2) is 6.10 Å². The van der Waals surface area contributed by atoms with E-state index in [0.717, 1.165) is 29.1 Å². The topological polar surface area (TPSA) is 41.6 Å². The Morgan fingerprint density at radius 3 is 2.56 bits per heavy atom. The van der Waals surface area contributed by atoms with Crippen molar-refractivity contribution >= 4 is 11.6 Å². The molecule has 0 aliphatic rings. The van der Waals surface area contributed by atoms with Gasteiger partial charge in [-0.2, -0.15) is 0 Å². The summed E-state index contributed by atoms with van der Waals surface area (Å²) in [6.45, 7) is 7.30. The summed E-state index contributed by atoms with van der Waals surface area (Å²) in [5.41, 5.74) is 3.30. The maximum absolute atomic E-state index is 12.4. The molecule has 0 heterocycles. The van der Waals surface area contributed by atoms with Crippen LogP contribution in [-0.4, -0.2) is 32.1 Å². The summed E-state index contributed by atoms with van der Waals surface area (Å²) in [5, 5.41) is 2.98. The van der Waals surface area contributed by atoms with E-state index in [-0.39, 0.29) is 5.91 Å². The third kappa shape index (κ3) is 5.52. The van der Waals surface area contributed by atoms with Crippen LogP contribution in [0.15, 0.2) is 48.5 Å². The average molecular weight is 340 g/mol. The third-order valence-electron chi connectivity index (χ3n) is 4.22. The predicted molar refractivity (Wildman–Crippen MR) is 103 cm³/mol. The summed E-state index contributed by atoms with van der Waals surface area (Å²) in [5.74, 6) is 0.716. The number of carbonyl (C=O) groups is 1. The molecule has 4 nitrogen and oxygen atoms in total. The number of likely N-dealkylation sites (N-methyl/N-ethyl adjacent to an activating group) is 1. The van der Waals surface area contributed by atoms with Gasteiger partial charge in [0.05, 0.1) is 0 Å². The van der Waals surface area contributed by atoms with Crippen LogP contribution in [0, 0.1) is 13.8 Å². The number of carbonyl (C=O) groups excluding carboxylic acids is 1. The van der Waals surface area contributed by atoms with Crippen molar-refractivity contribution in [2.75, 3.05) is 25.0 Å². The average Bonchev–Trinajstić information content (AvgIpc) is 2.62. The Morgan fingerprint density at radius 2 is 1.88 bits per heavy atom. The molecule has 0 fully saturated rings. The smallest absolute Gasteiger partial charge is 0.261 e. The molecule has 0 spiro atoms. The van der Waals surface area contributed by atoms with Gasteiger partial charge in [-0.3, -0.25) is 4.79 Å². The molecule has 0 saturated carbocycles. The molecule has 25 heavy (non-hydrogen) atoms. The van der Waals surface area contributed by atoms with E-state index in [1.807, 2.05) is 64.2 Å². The highest BCUT2D eigenvalue weighted by atomic mass is 16.5. The van der Waals surface area contributed by atoms with Crippen LogP contribution < -0.4 is 15.0 Å². The van der Waals surface area contributed by atoms with Crippen LogP contribution in [0.2, 0.25) is 0 Å². The number of benzene rings is 2. The minimum absolute atomic E-state index is 0.0649. The zero-order valence-electron chi connectivity index (χ0n) is 15.6. The van der Waals surface area contributed by atoms with Gasteiger partial charge in [0.2, 0.25) is 0 Å². The molecule has 134 valence electrons. The highest BCUT2D eigenvalue weighted by Crippen LogP contribution is 2.21. The van der Waals surface area contributed by atoms with E-state index >= 15 is 0 Å². The zero-order valence-corrected chi connectivity index (χ0v) is 15.6. The Labute approximate surface area is 150 Å². The number of ether oxygens (including phenoxy) is 1. The number of anilines is 1. The van der Waals surface area contributed by atoms with E-state index in [4.69, 9.17) is 4.74 Å². The van der Waals surface area contributed by atoms with Crippen LogP contribution in [-0.2, 0) is 4.79 Å². The van der Waals surface area contributed by atoms with E-state index in [9.17, 15) is 4.79 Å². The lowest BCUT2D eigenvalue weighted by molar-refractivity contribution is -0.128. The summed E-state index contributed by atoms with van der Waals surface area (Å²) in [4.78, 5) is 14.6. The lowest BCUT2D eigenvalue weighted by Crippen LogP contribution is -2.41. The van der Waals surface area contributed by atoms with Crippen molar-refractivity contribution in [3.63, 3.8) is 0 Å². The summed E-state index contributed by atoms with van der Waals surface area (Å²) < 4.78 is 5.95. The molecule has 4 heteroatoms. The van der Waals surface area contributed by atoms with Gasteiger partial charge in [0.1, 0.15) is 5.75 Å². The minimum atomic E-state index is -0.470. The molecule has 0 saturated heterocycles. The van der Waals surface area contributed by atoms with Crippen molar-refractivity contribution in [1.29, 1.82) is 0 Å². The van der Waals surface area contributed by atoms with Gasteiger partial charge in [0, 0.05) is 25.8 Å². The molecule has 0 bridgehead atoms. The van der Waals surface area contributed by atoms with Crippen LogP contribution in [0.25, 0.3) is 0 Å². The number of amides is 1. The van der Waals surface area contributed by atoms with Crippen molar-refractivity contribution in [2.24, 2.45) is 0 Å². The summed E-state index contributed by atoms with van der Waals surface area (Å²) >= 11 is 0. The van der Waals surface area contributed by atoms with E-state index in [2.05, 4.69) is 22.3 Å². The maximum atomic E-state index is 12.4. The number of hydrogen-bond acceptors (Lipinski definition) is 3. The lowest BCUT2D eigenvalue weighted by atomic mass is 10.1. The van der Waals surface area contributed by atoms with Gasteiger partial charge in [-0.05, 0) is 49.6 Å². The van der Waals surface area contributed by atoms with Crippen molar-refractivity contribution in [2.45, 2.75) is 33.3 Å². The largest absolute Gasteiger partial charge is 0.480 e. The molecule has 1 N–H and O–H groups in total. The predicted octanol–water partition coefficient (Wildman–Crippen LogP) is 3.71. The van der Waals surface area contributed by atoms with Crippen LogP contribution in [0.3, 0.4) is 0 Å². The van der Waals surface area contributed by atoms with Gasteiger partial charge in [-0.15, -0.1) is 0 Å². The highest BCUT2D eigenvalue weighted by Gasteiger charge is 2.19. The van der Waals surface area contributed by atoms with Crippen LogP contribution in [0.5, 0.6) is 5.75 Å². The van der Waals surface area contributed by atoms with Crippen molar-refractivity contribution in [1.82, 2.24) is 5.32 Å². The maximum Gasteiger partial charge on any atom is 0.261 e. The second-order valence-electron chi connectivity index (χ2n) is 6.33. The van der Waals surface area contributed by atoms with Gasteiger partial charge in [-0.1, -0.05) is 37.3 Å². The van der Waals surface area contributed by atoms with Crippen molar-refractivity contribution in [3.05, 3.63) is 59.7 Å². The summed E-state index contributed by atoms with van der Waals surface area (Å²) in [7, 11) is 2.02. The first-order valence-corrected chi connectivity index (χ1v) is 8.79. The minimum Gasteiger partial charge on any atom is -0.480 e. The molecular weight excluding hydrogens is 312 g/mol. The van der Waals surface area contributed by atoms with Crippen molar-refractivity contribution in [3.8, 4) is 5.75 Å². The fourth-order valence-corrected chi connectivity index (χ4v) is 2.58. The molecule has 2 aromatic rings. The second-order valence-corrected chi connectivity index (χ2v) is 6.33. The van der Waals surface area contributed by atoms with Gasteiger partial charge < -0.3 is 15.0 Å².